The fourth-order valence-corrected chi connectivity index (χ4v) is 9.45. The number of carbonyl (C=O) groups excluding carboxylic acids is 4. The third-order valence-corrected chi connectivity index (χ3v) is 12.1. The number of allylic oxidation sites excluding steroid dienone is 2. The zero-order valence-electron chi connectivity index (χ0n) is 29.8. The van der Waals surface area contributed by atoms with E-state index in [9.17, 15) is 47.7 Å². The van der Waals surface area contributed by atoms with E-state index in [4.69, 9.17) is 27.9 Å². The molecule has 0 radical (unpaired) electrons. The number of halogens is 5. The Morgan fingerprint density at radius 3 is 2.29 bits per heavy atom. The number of amides is 4. The van der Waals surface area contributed by atoms with Gasteiger partial charge in [0.05, 0.1) is 46.6 Å². The van der Waals surface area contributed by atoms with Gasteiger partial charge in [0, 0.05) is 28.8 Å². The number of nitrogens with one attached hydrogen (secondary N) is 1. The first kappa shape index (κ1) is 38.7. The van der Waals surface area contributed by atoms with Crippen molar-refractivity contribution in [1.82, 2.24) is 9.99 Å². The van der Waals surface area contributed by atoms with Gasteiger partial charge in [0.1, 0.15) is 22.8 Å². The summed E-state index contributed by atoms with van der Waals surface area (Å²) in [6.07, 6.45) is -2.82. The van der Waals surface area contributed by atoms with Crippen LogP contribution in [0.1, 0.15) is 45.8 Å². The van der Waals surface area contributed by atoms with Gasteiger partial charge in [-0.15, -0.1) is 0 Å². The van der Waals surface area contributed by atoms with Crippen LogP contribution in [0.5, 0.6) is 17.2 Å². The zero-order chi connectivity index (χ0) is 41.6. The quantitative estimate of drug-likeness (QED) is 0.114. The monoisotopic (exact) mass is 836 g/mol. The van der Waals surface area contributed by atoms with E-state index in [-0.39, 0.29) is 46.2 Å². The van der Waals surface area contributed by atoms with Crippen molar-refractivity contribution in [3.8, 4) is 17.2 Å². The summed E-state index contributed by atoms with van der Waals surface area (Å²) in [4.78, 5) is 75.0. The first-order valence-corrected chi connectivity index (χ1v) is 18.4. The van der Waals surface area contributed by atoms with Crippen LogP contribution in [0.15, 0.2) is 84.6 Å². The molecular weight excluding hydrogens is 808 g/mol. The Balaban J connectivity index is 1.31. The van der Waals surface area contributed by atoms with Gasteiger partial charge in [-0.2, -0.15) is 18.2 Å². The van der Waals surface area contributed by atoms with Crippen LogP contribution >= 0.6 is 23.2 Å². The highest BCUT2D eigenvalue weighted by molar-refractivity contribution is 6.33. The van der Waals surface area contributed by atoms with E-state index in [0.717, 1.165) is 17.0 Å². The van der Waals surface area contributed by atoms with Crippen molar-refractivity contribution < 1.29 is 57.2 Å². The number of alkyl halides is 3. The number of rotatable bonds is 7. The van der Waals surface area contributed by atoms with Crippen molar-refractivity contribution in [2.45, 2.75) is 30.4 Å². The van der Waals surface area contributed by atoms with Crippen LogP contribution in [0.2, 0.25) is 10.0 Å². The molecule has 1 saturated carbocycles. The Kier molecular flexibility index (Phi) is 9.19. The number of carboxylic acids is 1. The summed E-state index contributed by atoms with van der Waals surface area (Å²) in [6, 6.07) is 14.3. The lowest BCUT2D eigenvalue weighted by Gasteiger charge is -2.50. The van der Waals surface area contributed by atoms with Crippen LogP contribution in [0.25, 0.3) is 0 Å². The number of aromatic hydroxyl groups is 2. The molecule has 0 unspecified atom stereocenters. The fourth-order valence-electron chi connectivity index (χ4n) is 9.11. The Hall–Kier alpha value is -6.13. The molecule has 2 aliphatic heterocycles. The molecule has 4 aliphatic rings. The molecule has 18 heteroatoms. The minimum absolute atomic E-state index is 0.0193. The Bertz CT molecular complexity index is 2500. The summed E-state index contributed by atoms with van der Waals surface area (Å²) < 4.78 is 46.0. The second-order valence-electron chi connectivity index (χ2n) is 14.4. The number of hydrazine groups is 1. The number of benzene rings is 3. The first-order valence-electron chi connectivity index (χ1n) is 17.6. The van der Waals surface area contributed by atoms with E-state index < -0.39 is 98.5 Å². The Morgan fingerprint density at radius 2 is 1.66 bits per heavy atom. The SMILES string of the molecule is COc1ccc(O)c([C@H]2C3=CC[C@@H]4C(=O)N(c5ccc(C(=O)O)c(O)c5)C(=O)[C@@H]4[C@@H]3C[C@H]3C(=O)N(Nc4ncc(C(F)(F)F)cc4Cl)C(=O)[C@@]23c2ccc(Cl)cc2)c1. The van der Waals surface area contributed by atoms with Crippen LogP contribution in [0.4, 0.5) is 24.7 Å². The van der Waals surface area contributed by atoms with Crippen molar-refractivity contribution in [3.63, 3.8) is 0 Å². The number of pyridine rings is 1. The number of nitrogens with zero attached hydrogens (tertiary/aromatic N) is 3. The Morgan fingerprint density at radius 1 is 0.931 bits per heavy atom. The van der Waals surface area contributed by atoms with Crippen LogP contribution in [0, 0.1) is 23.7 Å². The molecular formula is C40H29Cl2F3N4O9. The number of anilines is 2. The van der Waals surface area contributed by atoms with Crippen molar-refractivity contribution in [2.75, 3.05) is 17.4 Å². The smallest absolute Gasteiger partial charge is 0.417 e. The number of imide groups is 2. The third kappa shape index (κ3) is 5.75. The van der Waals surface area contributed by atoms with E-state index in [0.29, 0.717) is 22.8 Å². The molecule has 4 N–H and O–H groups in total. The maximum absolute atomic E-state index is 15.3. The fraction of sp³-hybridized carbons (Fsp3) is 0.250. The molecule has 1 aromatic heterocycles. The topological polar surface area (TPSA) is 187 Å². The summed E-state index contributed by atoms with van der Waals surface area (Å²) in [5.41, 5.74) is -0.239. The number of carbonyl (C=O) groups is 5. The largest absolute Gasteiger partial charge is 0.508 e. The summed E-state index contributed by atoms with van der Waals surface area (Å²) in [7, 11) is 1.39. The van der Waals surface area contributed by atoms with E-state index in [1.165, 1.54) is 43.5 Å². The highest BCUT2D eigenvalue weighted by Crippen LogP contribution is 2.65. The summed E-state index contributed by atoms with van der Waals surface area (Å²) in [6.45, 7) is 0. The van der Waals surface area contributed by atoms with Crippen molar-refractivity contribution in [3.05, 3.63) is 117 Å². The number of methoxy groups -OCH3 is 1. The van der Waals surface area contributed by atoms with Gasteiger partial charge in [-0.05, 0) is 72.9 Å². The minimum Gasteiger partial charge on any atom is -0.508 e. The number of fused-ring (bicyclic) bond motifs is 4. The number of ether oxygens (including phenoxy) is 1. The third-order valence-electron chi connectivity index (χ3n) is 11.6. The molecule has 3 aromatic carbocycles. The predicted molar refractivity (Wildman–Crippen MR) is 199 cm³/mol. The van der Waals surface area contributed by atoms with Gasteiger partial charge in [0.15, 0.2) is 5.82 Å². The number of phenols is 2. The van der Waals surface area contributed by atoms with Crippen LogP contribution < -0.4 is 15.1 Å². The number of phenolic OH excluding ortho intramolecular Hbond substituents is 1. The molecule has 8 rings (SSSR count). The average molecular weight is 838 g/mol. The van der Waals surface area contributed by atoms with E-state index in [2.05, 4.69) is 10.4 Å². The van der Waals surface area contributed by atoms with Crippen LogP contribution in [0.3, 0.4) is 0 Å². The molecule has 298 valence electrons. The molecule has 3 fully saturated rings. The van der Waals surface area contributed by atoms with Crippen molar-refractivity contribution in [2.24, 2.45) is 23.7 Å². The summed E-state index contributed by atoms with van der Waals surface area (Å²) in [5, 5.41) is 31.8. The maximum Gasteiger partial charge on any atom is 0.417 e. The van der Waals surface area contributed by atoms with Crippen molar-refractivity contribution >= 4 is 64.3 Å². The van der Waals surface area contributed by atoms with E-state index in [1.807, 2.05) is 0 Å². The number of hydrogen-bond donors (Lipinski definition) is 4. The highest BCUT2D eigenvalue weighted by atomic mass is 35.5. The molecule has 0 spiro atoms. The maximum atomic E-state index is 15.3. The number of carboxylic acid groups (broad SMARTS) is 1. The molecule has 2 aliphatic carbocycles. The molecule has 13 nitrogen and oxygen atoms in total. The first-order chi connectivity index (χ1) is 27.5. The van der Waals surface area contributed by atoms with Crippen molar-refractivity contribution in [1.29, 1.82) is 0 Å². The van der Waals surface area contributed by atoms with Gasteiger partial charge in [-0.1, -0.05) is 47.0 Å². The normalized spacial score (nSPS) is 25.3. The highest BCUT2D eigenvalue weighted by Gasteiger charge is 2.71. The number of aromatic nitrogens is 1. The molecule has 58 heavy (non-hydrogen) atoms. The molecule has 3 heterocycles. The minimum atomic E-state index is -4.80. The second kappa shape index (κ2) is 13.8. The second-order valence-corrected chi connectivity index (χ2v) is 15.2. The number of hydrogen-bond acceptors (Lipinski definition) is 10. The standard InChI is InChI=1S/C40H29Cl2F3N4O9/c1-58-21-7-11-29(50)26(14-21)32-22-9-10-24-31(36(54)48(34(24)52)20-6-8-23(37(55)56)30(51)13-20)25(22)15-27-35(53)49(38(57)39(27,32)17-2-4-19(41)5-3-17)47-33-28(42)12-18(16-46-33)40(43,44)45/h2-9,11-14,16,24-25,27,31-32,50-51H,10,15H2,1H3,(H,46,47)(H,55,56)/t24-,25+,27-,31-,32+,39+/m0/s1. The van der Waals surface area contributed by atoms with Gasteiger partial charge in [0.25, 0.3) is 11.8 Å². The predicted octanol–water partition coefficient (Wildman–Crippen LogP) is 6.71. The van der Waals surface area contributed by atoms with Gasteiger partial charge in [-0.25, -0.2) is 14.7 Å². The molecule has 2 saturated heterocycles. The van der Waals surface area contributed by atoms with Crippen LogP contribution in [-0.2, 0) is 30.8 Å². The zero-order valence-corrected chi connectivity index (χ0v) is 31.3. The number of aromatic carboxylic acids is 1. The lowest BCUT2D eigenvalue weighted by Crippen LogP contribution is -2.53. The van der Waals surface area contributed by atoms with Crippen LogP contribution in [-0.4, -0.2) is 62.0 Å². The average Bonchev–Trinajstić information content (AvgIpc) is 3.56. The van der Waals surface area contributed by atoms with Gasteiger partial charge < -0.3 is 20.1 Å². The molecule has 4 aromatic rings. The van der Waals surface area contributed by atoms with Gasteiger partial charge >= 0.3 is 12.1 Å². The summed E-state index contributed by atoms with van der Waals surface area (Å²) >= 11 is 12.5. The van der Waals surface area contributed by atoms with E-state index >= 15 is 4.79 Å². The molecule has 0 bridgehead atoms. The lowest BCUT2D eigenvalue weighted by molar-refractivity contribution is -0.139. The molecule has 6 atom stereocenters. The van der Waals surface area contributed by atoms with Gasteiger partial charge in [0.2, 0.25) is 11.8 Å². The van der Waals surface area contributed by atoms with E-state index in [1.54, 1.807) is 18.2 Å². The Labute approximate surface area is 336 Å². The molecule has 4 amide bonds. The summed E-state index contributed by atoms with van der Waals surface area (Å²) in [5.74, 6) is -11.3. The van der Waals surface area contributed by atoms with Gasteiger partial charge in [-0.3, -0.25) is 24.6 Å². The lowest BCUT2D eigenvalue weighted by atomic mass is 9.49.